The lowest BCUT2D eigenvalue weighted by Crippen LogP contribution is -2.74. The van der Waals surface area contributed by atoms with Crippen LogP contribution in [0, 0.1) is 22.7 Å². The van der Waals surface area contributed by atoms with Crippen LogP contribution in [0.5, 0.6) is 5.75 Å². The van der Waals surface area contributed by atoms with Gasteiger partial charge in [0.1, 0.15) is 11.3 Å². The molecule has 3 heterocycles. The molecular weight excluding hydrogens is 464 g/mol. The van der Waals surface area contributed by atoms with Crippen molar-refractivity contribution in [1.82, 2.24) is 19.0 Å². The van der Waals surface area contributed by atoms with Gasteiger partial charge in [0.25, 0.3) is 5.91 Å². The fourth-order valence-corrected chi connectivity index (χ4v) is 6.45. The number of likely N-dealkylation sites (tertiary alicyclic amines) is 1. The monoisotopic (exact) mass is 494 g/mol. The van der Waals surface area contributed by atoms with Crippen LogP contribution in [-0.2, 0) is 13.6 Å². The third-order valence-electron chi connectivity index (χ3n) is 8.95. The maximum absolute atomic E-state index is 13.5. The second-order valence-corrected chi connectivity index (χ2v) is 11.1. The topological polar surface area (TPSA) is 102 Å². The fourth-order valence-electron chi connectivity index (χ4n) is 6.45. The zero-order valence-electron chi connectivity index (χ0n) is 21.2. The molecule has 3 aliphatic rings. The third-order valence-corrected chi connectivity index (χ3v) is 8.95. The summed E-state index contributed by atoms with van der Waals surface area (Å²) < 4.78 is 10.1. The van der Waals surface area contributed by atoms with Gasteiger partial charge in [0.15, 0.2) is 5.82 Å². The van der Waals surface area contributed by atoms with Crippen LogP contribution in [0.15, 0.2) is 36.4 Å². The van der Waals surface area contributed by atoms with Gasteiger partial charge in [0, 0.05) is 54.6 Å². The Morgan fingerprint density at radius 2 is 2.08 bits per heavy atom. The summed E-state index contributed by atoms with van der Waals surface area (Å²) in [6, 6.07) is 14.3. The van der Waals surface area contributed by atoms with Crippen molar-refractivity contribution in [3.63, 3.8) is 0 Å². The lowest BCUT2D eigenvalue weighted by atomic mass is 9.57. The molecule has 188 valence electrons. The quantitative estimate of drug-likeness (QED) is 0.436. The molecule has 8 nitrogen and oxygen atoms in total. The van der Waals surface area contributed by atoms with Crippen LogP contribution in [-0.4, -0.2) is 51.2 Å². The van der Waals surface area contributed by atoms with Crippen molar-refractivity contribution in [2.75, 3.05) is 20.2 Å². The standard InChI is InChI=1S/C29H30N6O2/c1-33-26-21(10-20(12-24(26)37-2)28(36)35-16-29(15-31)8-7-25(29)35)32-27(33)23-11-19-6-5-18(13-30)9-22(19)34(23)14-17-3-4-17/h5-6,9-12,17,25H,3-4,7-8,14-16,31H2,1-2H3/t25?,29-/m0/s1. The van der Waals surface area contributed by atoms with Crippen molar-refractivity contribution < 1.29 is 9.53 Å². The molecule has 2 aromatic heterocycles. The van der Waals surface area contributed by atoms with E-state index in [-0.39, 0.29) is 17.4 Å². The van der Waals surface area contributed by atoms with E-state index >= 15 is 0 Å². The van der Waals surface area contributed by atoms with E-state index in [0.29, 0.717) is 29.3 Å². The summed E-state index contributed by atoms with van der Waals surface area (Å²) in [6.45, 7) is 2.27. The van der Waals surface area contributed by atoms with Gasteiger partial charge >= 0.3 is 0 Å². The number of carbonyl (C=O) groups excluding carboxylic acids is 1. The number of imidazole rings is 1. The minimum Gasteiger partial charge on any atom is -0.494 e. The van der Waals surface area contributed by atoms with E-state index in [1.165, 1.54) is 12.8 Å². The molecule has 7 rings (SSSR count). The van der Waals surface area contributed by atoms with Gasteiger partial charge in [-0.1, -0.05) is 6.07 Å². The van der Waals surface area contributed by atoms with Gasteiger partial charge in [0.2, 0.25) is 0 Å². The summed E-state index contributed by atoms with van der Waals surface area (Å²) >= 11 is 0. The first-order valence-corrected chi connectivity index (χ1v) is 13.1. The lowest BCUT2D eigenvalue weighted by Gasteiger charge is -2.64. The molecule has 2 saturated carbocycles. The largest absolute Gasteiger partial charge is 0.494 e. The Labute approximate surface area is 215 Å². The molecule has 2 N–H and O–H groups in total. The van der Waals surface area contributed by atoms with Crippen molar-refractivity contribution in [3.05, 3.63) is 47.5 Å². The van der Waals surface area contributed by atoms with E-state index < -0.39 is 0 Å². The predicted octanol–water partition coefficient (Wildman–Crippen LogP) is 4.05. The summed E-state index contributed by atoms with van der Waals surface area (Å²) in [5.74, 6) is 2.13. The van der Waals surface area contributed by atoms with Crippen LogP contribution in [0.25, 0.3) is 33.5 Å². The molecule has 8 heteroatoms. The number of amides is 1. The van der Waals surface area contributed by atoms with Gasteiger partial charge in [-0.2, -0.15) is 5.26 Å². The molecule has 37 heavy (non-hydrogen) atoms. The minimum atomic E-state index is 0.0213. The number of aromatic nitrogens is 3. The van der Waals surface area contributed by atoms with E-state index in [9.17, 15) is 10.1 Å². The Kier molecular flexibility index (Phi) is 4.74. The SMILES string of the molecule is COc1cc(C(=O)N2C[C@@]3(CN)CCC23)cc2nc(-c3cc4ccc(C#N)cc4n3CC3CC3)n(C)c12. The zero-order valence-corrected chi connectivity index (χ0v) is 21.2. The average Bonchev–Trinajstić information content (AvgIpc) is 3.58. The van der Waals surface area contributed by atoms with Crippen molar-refractivity contribution >= 4 is 27.8 Å². The first-order chi connectivity index (χ1) is 18.0. The van der Waals surface area contributed by atoms with Crippen LogP contribution in [0.1, 0.15) is 41.6 Å². The number of nitrogens with two attached hydrogens (primary N) is 1. The Morgan fingerprint density at radius 1 is 1.24 bits per heavy atom. The normalized spacial score (nSPS) is 22.4. The highest BCUT2D eigenvalue weighted by Gasteiger charge is 2.59. The number of nitrogens with zero attached hydrogens (tertiary/aromatic N) is 5. The molecule has 4 aromatic rings. The van der Waals surface area contributed by atoms with E-state index in [2.05, 4.69) is 21.3 Å². The van der Waals surface area contributed by atoms with Gasteiger partial charge in [-0.05, 0) is 61.9 Å². The number of piperidine rings is 1. The lowest BCUT2D eigenvalue weighted by molar-refractivity contribution is -0.117. The highest BCUT2D eigenvalue weighted by molar-refractivity contribution is 6.01. The number of methoxy groups -OCH3 is 1. The summed E-state index contributed by atoms with van der Waals surface area (Å²) in [7, 11) is 3.63. The van der Waals surface area contributed by atoms with Gasteiger partial charge < -0.3 is 24.5 Å². The van der Waals surface area contributed by atoms with Crippen LogP contribution in [0.2, 0.25) is 0 Å². The van der Waals surface area contributed by atoms with Crippen molar-refractivity contribution in [1.29, 1.82) is 5.26 Å². The Hall–Kier alpha value is -3.83. The van der Waals surface area contributed by atoms with E-state index in [1.54, 1.807) is 7.11 Å². The highest BCUT2D eigenvalue weighted by Crippen LogP contribution is 2.53. The molecule has 0 bridgehead atoms. The van der Waals surface area contributed by atoms with Gasteiger partial charge in [-0.3, -0.25) is 4.79 Å². The predicted molar refractivity (Wildman–Crippen MR) is 141 cm³/mol. The molecular formula is C29H30N6O2. The number of fused-ring (bicyclic) bond motifs is 3. The summed E-state index contributed by atoms with van der Waals surface area (Å²) in [4.78, 5) is 20.5. The van der Waals surface area contributed by atoms with Crippen molar-refractivity contribution in [2.45, 2.75) is 38.3 Å². The molecule has 1 unspecified atom stereocenters. The molecule has 1 aliphatic heterocycles. The maximum Gasteiger partial charge on any atom is 0.254 e. The number of benzene rings is 2. The molecule has 2 atom stereocenters. The first kappa shape index (κ1) is 22.4. The summed E-state index contributed by atoms with van der Waals surface area (Å²) in [5.41, 5.74) is 11.0. The Balaban J connectivity index is 1.34. The second-order valence-electron chi connectivity index (χ2n) is 11.1. The van der Waals surface area contributed by atoms with Crippen LogP contribution < -0.4 is 10.5 Å². The summed E-state index contributed by atoms with van der Waals surface area (Å²) in [5, 5.41) is 10.6. The zero-order chi connectivity index (χ0) is 25.5. The number of hydrogen-bond acceptors (Lipinski definition) is 5. The van der Waals surface area contributed by atoms with Crippen LogP contribution >= 0.6 is 0 Å². The third kappa shape index (κ3) is 3.17. The Bertz CT molecular complexity index is 1630. The molecule has 0 radical (unpaired) electrons. The van der Waals surface area contributed by atoms with E-state index in [1.807, 2.05) is 42.3 Å². The number of nitriles is 1. The van der Waals surface area contributed by atoms with Crippen LogP contribution in [0.4, 0.5) is 0 Å². The highest BCUT2D eigenvalue weighted by atomic mass is 16.5. The van der Waals surface area contributed by atoms with E-state index in [4.69, 9.17) is 15.5 Å². The fraction of sp³-hybridized carbons (Fsp3) is 0.414. The number of ether oxygens (including phenoxy) is 1. The average molecular weight is 495 g/mol. The molecule has 3 fully saturated rings. The smallest absolute Gasteiger partial charge is 0.254 e. The second kappa shape index (κ2) is 7.83. The number of aryl methyl sites for hydroxylation is 1. The Morgan fingerprint density at radius 3 is 2.73 bits per heavy atom. The van der Waals surface area contributed by atoms with Gasteiger partial charge in [0.05, 0.1) is 30.0 Å². The van der Waals surface area contributed by atoms with Crippen molar-refractivity contribution in [2.24, 2.45) is 24.1 Å². The number of rotatable bonds is 6. The molecule has 1 saturated heterocycles. The maximum atomic E-state index is 13.5. The van der Waals surface area contributed by atoms with Crippen molar-refractivity contribution in [3.8, 4) is 23.3 Å². The molecule has 2 aromatic carbocycles. The number of hydrogen-bond donors (Lipinski definition) is 1. The first-order valence-electron chi connectivity index (χ1n) is 13.1. The molecule has 2 aliphatic carbocycles. The number of carbonyl (C=O) groups is 1. The summed E-state index contributed by atoms with van der Waals surface area (Å²) in [6.07, 6.45) is 4.58. The van der Waals surface area contributed by atoms with E-state index in [0.717, 1.165) is 59.4 Å². The van der Waals surface area contributed by atoms with Gasteiger partial charge in [-0.15, -0.1) is 0 Å². The van der Waals surface area contributed by atoms with Crippen LogP contribution in [0.3, 0.4) is 0 Å². The minimum absolute atomic E-state index is 0.0213. The molecule has 1 amide bonds. The molecule has 0 spiro atoms. The van der Waals surface area contributed by atoms with Gasteiger partial charge in [-0.25, -0.2) is 4.98 Å².